The first-order chi connectivity index (χ1) is 14.0. The summed E-state index contributed by atoms with van der Waals surface area (Å²) in [6.07, 6.45) is 6.87. The third-order valence-corrected chi connectivity index (χ3v) is 6.64. The Bertz CT molecular complexity index is 1270. The summed E-state index contributed by atoms with van der Waals surface area (Å²) in [5.41, 5.74) is 3.03. The molecule has 4 rings (SSSR count). The molecule has 0 unspecified atom stereocenters. The second-order valence-electron chi connectivity index (χ2n) is 6.26. The topological polar surface area (TPSA) is 88.2 Å². The van der Waals surface area contributed by atoms with E-state index in [-0.39, 0.29) is 6.03 Å². The largest absolute Gasteiger partial charge is 0.334 e. The lowest BCUT2D eigenvalue weighted by Crippen LogP contribution is -2.28. The SMILES string of the molecule is C#Cc1nc(NC(=O)NCc2ccc(-c3cccc4c3S(=O)(=O)C=C4)cc2)cs1. The number of nitrogens with zero attached hydrogens (tertiary/aromatic N) is 1. The van der Waals surface area contributed by atoms with Gasteiger partial charge >= 0.3 is 6.03 Å². The molecule has 0 saturated carbocycles. The number of aromatic nitrogens is 1. The van der Waals surface area contributed by atoms with Crippen molar-refractivity contribution >= 4 is 39.1 Å². The van der Waals surface area contributed by atoms with E-state index < -0.39 is 9.84 Å². The smallest absolute Gasteiger partial charge is 0.320 e. The van der Waals surface area contributed by atoms with Crippen LogP contribution < -0.4 is 10.6 Å². The second kappa shape index (κ2) is 7.54. The van der Waals surface area contributed by atoms with Gasteiger partial charge in [-0.15, -0.1) is 17.8 Å². The number of terminal acetylenes is 1. The lowest BCUT2D eigenvalue weighted by molar-refractivity contribution is 0.251. The fourth-order valence-corrected chi connectivity index (χ4v) is 4.98. The Morgan fingerprint density at radius 2 is 1.97 bits per heavy atom. The van der Waals surface area contributed by atoms with Gasteiger partial charge in [0, 0.05) is 22.9 Å². The van der Waals surface area contributed by atoms with E-state index in [0.717, 1.165) is 11.1 Å². The van der Waals surface area contributed by atoms with Crippen LogP contribution in [0.25, 0.3) is 17.2 Å². The van der Waals surface area contributed by atoms with Crippen LogP contribution in [0.5, 0.6) is 0 Å². The summed E-state index contributed by atoms with van der Waals surface area (Å²) in [5, 5.41) is 8.77. The maximum Gasteiger partial charge on any atom is 0.320 e. The number of thiazole rings is 1. The highest BCUT2D eigenvalue weighted by Crippen LogP contribution is 2.36. The Kier molecular flexibility index (Phi) is 4.92. The highest BCUT2D eigenvalue weighted by molar-refractivity contribution is 7.95. The fraction of sp³-hybridized carbons (Fsp3) is 0.0476. The second-order valence-corrected chi connectivity index (χ2v) is 8.89. The van der Waals surface area contributed by atoms with E-state index in [1.54, 1.807) is 23.6 Å². The summed E-state index contributed by atoms with van der Waals surface area (Å²) in [7, 11) is -3.41. The van der Waals surface area contributed by atoms with Crippen LogP contribution in [0.2, 0.25) is 0 Å². The number of hydrogen-bond donors (Lipinski definition) is 2. The van der Waals surface area contributed by atoms with Gasteiger partial charge in [0.15, 0.2) is 5.01 Å². The zero-order valence-electron chi connectivity index (χ0n) is 15.0. The van der Waals surface area contributed by atoms with E-state index >= 15 is 0 Å². The number of sulfone groups is 1. The van der Waals surface area contributed by atoms with Gasteiger partial charge in [-0.3, -0.25) is 5.32 Å². The number of benzene rings is 2. The molecule has 2 aromatic carbocycles. The van der Waals surface area contributed by atoms with Gasteiger partial charge in [-0.25, -0.2) is 18.2 Å². The van der Waals surface area contributed by atoms with Crippen LogP contribution in [-0.2, 0) is 16.4 Å². The molecule has 2 N–H and O–H groups in total. The van der Waals surface area contributed by atoms with Crippen molar-refractivity contribution in [2.45, 2.75) is 11.4 Å². The van der Waals surface area contributed by atoms with Crippen molar-refractivity contribution in [1.82, 2.24) is 10.3 Å². The molecule has 0 fully saturated rings. The summed E-state index contributed by atoms with van der Waals surface area (Å²) < 4.78 is 24.6. The first kappa shape index (κ1) is 18.9. The van der Waals surface area contributed by atoms with Crippen LogP contribution in [0.3, 0.4) is 0 Å². The molecular formula is C21H15N3O3S2. The molecule has 2 amide bonds. The van der Waals surface area contributed by atoms with Gasteiger partial charge in [0.1, 0.15) is 5.82 Å². The highest BCUT2D eigenvalue weighted by Gasteiger charge is 2.24. The standard InChI is InChI=1S/C21H15N3O3S2/c1-2-19-23-18(13-28-19)24-21(25)22-12-14-6-8-15(9-7-14)17-5-3-4-16-10-11-29(26,27)20(16)17/h1,3-11,13H,12H2,(H2,22,24,25). The predicted molar refractivity (Wildman–Crippen MR) is 114 cm³/mol. The molecule has 0 saturated heterocycles. The number of hydrogen-bond acceptors (Lipinski definition) is 5. The molecule has 144 valence electrons. The molecule has 1 aliphatic rings. The molecule has 0 spiro atoms. The molecule has 3 aromatic rings. The number of fused-ring (bicyclic) bond motifs is 1. The monoisotopic (exact) mass is 421 g/mol. The third-order valence-electron chi connectivity index (χ3n) is 4.34. The molecule has 0 aliphatic carbocycles. The molecule has 6 nitrogen and oxygen atoms in total. The van der Waals surface area contributed by atoms with E-state index in [2.05, 4.69) is 21.5 Å². The number of amides is 2. The van der Waals surface area contributed by atoms with Crippen LogP contribution in [-0.4, -0.2) is 19.4 Å². The van der Waals surface area contributed by atoms with Crippen molar-refractivity contribution in [1.29, 1.82) is 0 Å². The van der Waals surface area contributed by atoms with Crippen LogP contribution >= 0.6 is 11.3 Å². The van der Waals surface area contributed by atoms with Gasteiger partial charge in [0.25, 0.3) is 0 Å². The number of carbonyl (C=O) groups is 1. The number of anilines is 1. The molecule has 0 radical (unpaired) electrons. The number of carbonyl (C=O) groups excluding carboxylic acids is 1. The van der Waals surface area contributed by atoms with Crippen molar-refractivity contribution in [3.8, 4) is 23.5 Å². The molecule has 0 atom stereocenters. The van der Waals surface area contributed by atoms with Crippen molar-refractivity contribution in [2.24, 2.45) is 0 Å². The van der Waals surface area contributed by atoms with Crippen molar-refractivity contribution in [3.63, 3.8) is 0 Å². The minimum Gasteiger partial charge on any atom is -0.334 e. The fourth-order valence-electron chi connectivity index (χ4n) is 3.00. The maximum atomic E-state index is 12.3. The van der Waals surface area contributed by atoms with E-state index in [1.165, 1.54) is 16.7 Å². The van der Waals surface area contributed by atoms with Gasteiger partial charge < -0.3 is 5.32 Å². The Morgan fingerprint density at radius 3 is 2.69 bits per heavy atom. The van der Waals surface area contributed by atoms with Crippen LogP contribution in [0, 0.1) is 12.3 Å². The summed E-state index contributed by atoms with van der Waals surface area (Å²) in [5.74, 6) is 2.82. The Labute approximate surface area is 172 Å². The third kappa shape index (κ3) is 3.92. The molecule has 0 bridgehead atoms. The van der Waals surface area contributed by atoms with Crippen molar-refractivity contribution in [2.75, 3.05) is 5.32 Å². The minimum atomic E-state index is -3.41. The zero-order valence-corrected chi connectivity index (χ0v) is 16.7. The molecule has 1 aliphatic heterocycles. The van der Waals surface area contributed by atoms with E-state index in [1.807, 2.05) is 30.3 Å². The zero-order chi connectivity index (χ0) is 20.4. The molecule has 29 heavy (non-hydrogen) atoms. The lowest BCUT2D eigenvalue weighted by atomic mass is 10.0. The maximum absolute atomic E-state index is 12.3. The predicted octanol–water partition coefficient (Wildman–Crippen LogP) is 3.87. The average Bonchev–Trinajstić information content (AvgIpc) is 3.30. The molecular weight excluding hydrogens is 406 g/mol. The quantitative estimate of drug-likeness (QED) is 0.626. The number of urea groups is 1. The normalized spacial score (nSPS) is 13.5. The summed E-state index contributed by atoms with van der Waals surface area (Å²) >= 11 is 1.28. The lowest BCUT2D eigenvalue weighted by Gasteiger charge is -2.10. The van der Waals surface area contributed by atoms with Crippen LogP contribution in [0.4, 0.5) is 10.6 Å². The van der Waals surface area contributed by atoms with Gasteiger partial charge in [0.05, 0.1) is 4.90 Å². The summed E-state index contributed by atoms with van der Waals surface area (Å²) in [6, 6.07) is 12.4. The van der Waals surface area contributed by atoms with Gasteiger partial charge in [-0.05, 0) is 28.7 Å². The molecule has 8 heteroatoms. The van der Waals surface area contributed by atoms with Crippen molar-refractivity contribution < 1.29 is 13.2 Å². The van der Waals surface area contributed by atoms with E-state index in [4.69, 9.17) is 6.42 Å². The highest BCUT2D eigenvalue weighted by atomic mass is 32.2. The Morgan fingerprint density at radius 1 is 1.17 bits per heavy atom. The van der Waals surface area contributed by atoms with Crippen molar-refractivity contribution in [3.05, 3.63) is 69.4 Å². The van der Waals surface area contributed by atoms with Crippen LogP contribution in [0.15, 0.2) is 58.1 Å². The molecule has 1 aromatic heterocycles. The minimum absolute atomic E-state index is 0.311. The number of nitrogens with one attached hydrogen (secondary N) is 2. The summed E-state index contributed by atoms with van der Waals surface area (Å²) in [4.78, 5) is 16.4. The van der Waals surface area contributed by atoms with E-state index in [0.29, 0.717) is 33.4 Å². The van der Waals surface area contributed by atoms with E-state index in [9.17, 15) is 13.2 Å². The molecule has 2 heterocycles. The Hall–Kier alpha value is -3.41. The number of rotatable bonds is 4. The summed E-state index contributed by atoms with van der Waals surface area (Å²) in [6.45, 7) is 0.311. The Balaban J connectivity index is 1.44. The first-order valence-corrected chi connectivity index (χ1v) is 11.0. The van der Waals surface area contributed by atoms with Gasteiger partial charge in [0.2, 0.25) is 9.84 Å². The van der Waals surface area contributed by atoms with Gasteiger partial charge in [-0.1, -0.05) is 42.5 Å². The van der Waals surface area contributed by atoms with Gasteiger partial charge in [-0.2, -0.15) is 0 Å². The first-order valence-electron chi connectivity index (χ1n) is 8.59. The average molecular weight is 422 g/mol. The van der Waals surface area contributed by atoms with Crippen LogP contribution in [0.1, 0.15) is 16.1 Å².